The van der Waals surface area contributed by atoms with Gasteiger partial charge in [-0.1, -0.05) is 31.9 Å². The second-order valence-corrected chi connectivity index (χ2v) is 5.77. The van der Waals surface area contributed by atoms with Crippen molar-refractivity contribution in [3.63, 3.8) is 0 Å². The highest BCUT2D eigenvalue weighted by Gasteiger charge is 2.17. The summed E-state index contributed by atoms with van der Waals surface area (Å²) in [4.78, 5) is 12.7. The number of hydrogen-bond donors (Lipinski definition) is 1. The summed E-state index contributed by atoms with van der Waals surface area (Å²) in [6.45, 7) is 5.65. The summed E-state index contributed by atoms with van der Waals surface area (Å²) in [6.07, 6.45) is 2.87. The van der Waals surface area contributed by atoms with Gasteiger partial charge in [0.05, 0.1) is 17.7 Å². The molecule has 2 rings (SSSR count). The molecular formula is C17H24Cl2N2O2. The Morgan fingerprint density at radius 1 is 1.22 bits per heavy atom. The fraction of sp³-hybridized carbons (Fsp3) is 0.471. The number of halogens is 2. The topological polar surface area (TPSA) is 57.2 Å². The molecule has 0 amide bonds. The Balaban J connectivity index is 0.00000264. The van der Waals surface area contributed by atoms with Crippen LogP contribution in [0.15, 0.2) is 23.0 Å². The molecule has 0 bridgehead atoms. The number of benzene rings is 1. The van der Waals surface area contributed by atoms with Crippen molar-refractivity contribution in [1.29, 1.82) is 0 Å². The van der Waals surface area contributed by atoms with Crippen LogP contribution in [0, 0.1) is 0 Å². The highest BCUT2D eigenvalue weighted by Crippen LogP contribution is 2.30. The zero-order valence-electron chi connectivity index (χ0n) is 13.6. The molecule has 0 aliphatic rings. The molecule has 1 aromatic carbocycles. The first-order chi connectivity index (χ1) is 10.6. The van der Waals surface area contributed by atoms with Gasteiger partial charge in [0.15, 0.2) is 0 Å². The van der Waals surface area contributed by atoms with E-state index in [9.17, 15) is 4.79 Å². The minimum Gasteiger partial charge on any atom is -0.491 e. The Labute approximate surface area is 148 Å². The van der Waals surface area contributed by atoms with Crippen LogP contribution < -0.4 is 16.0 Å². The normalized spacial score (nSPS) is 10.6. The maximum absolute atomic E-state index is 12.7. The Morgan fingerprint density at radius 2 is 1.96 bits per heavy atom. The fourth-order valence-electron chi connectivity index (χ4n) is 2.58. The van der Waals surface area contributed by atoms with Gasteiger partial charge in [0, 0.05) is 23.5 Å². The van der Waals surface area contributed by atoms with E-state index >= 15 is 0 Å². The predicted molar refractivity (Wildman–Crippen MR) is 99.1 cm³/mol. The average molecular weight is 359 g/mol. The molecule has 0 atom stereocenters. The van der Waals surface area contributed by atoms with Crippen molar-refractivity contribution in [3.8, 4) is 5.75 Å². The van der Waals surface area contributed by atoms with Gasteiger partial charge < -0.3 is 15.0 Å². The van der Waals surface area contributed by atoms with Crippen LogP contribution in [0.4, 0.5) is 0 Å². The van der Waals surface area contributed by atoms with Crippen molar-refractivity contribution >= 4 is 34.8 Å². The molecule has 0 unspecified atom stereocenters. The number of nitrogens with zero attached hydrogens (tertiary/aromatic N) is 1. The van der Waals surface area contributed by atoms with Gasteiger partial charge in [0.1, 0.15) is 5.75 Å². The number of nitrogens with two attached hydrogens (primary N) is 1. The maximum atomic E-state index is 12.7. The number of pyridine rings is 1. The van der Waals surface area contributed by atoms with E-state index in [1.54, 1.807) is 22.8 Å². The van der Waals surface area contributed by atoms with Crippen molar-refractivity contribution in [2.75, 3.05) is 6.61 Å². The molecule has 0 saturated heterocycles. The first-order valence-electron chi connectivity index (χ1n) is 7.81. The van der Waals surface area contributed by atoms with Gasteiger partial charge in [-0.05, 0) is 31.0 Å². The molecule has 0 aliphatic heterocycles. The molecule has 6 heteroatoms. The predicted octanol–water partition coefficient (Wildman–Crippen LogP) is 4.12. The molecule has 0 radical (unpaired) electrons. The van der Waals surface area contributed by atoms with Crippen molar-refractivity contribution in [2.24, 2.45) is 5.73 Å². The molecule has 128 valence electrons. The van der Waals surface area contributed by atoms with Gasteiger partial charge in [-0.3, -0.25) is 4.79 Å². The molecule has 0 aliphatic carbocycles. The summed E-state index contributed by atoms with van der Waals surface area (Å²) >= 11 is 6.11. The van der Waals surface area contributed by atoms with Crippen LogP contribution >= 0.6 is 24.0 Å². The van der Waals surface area contributed by atoms with E-state index < -0.39 is 0 Å². The van der Waals surface area contributed by atoms with Crippen LogP contribution in [0.1, 0.15) is 38.8 Å². The minimum absolute atomic E-state index is 0. The van der Waals surface area contributed by atoms with Gasteiger partial charge in [0.25, 0.3) is 5.56 Å². The standard InChI is InChI=1S/C17H23ClN2O2.ClH/c1-3-5-9-22-16-14-10-12(18)6-7-13(14)17(21)20(8-4-2)15(16)11-19;/h6-7,10H,3-5,8-9,11,19H2,1-2H3;1H. The van der Waals surface area contributed by atoms with E-state index in [1.165, 1.54) is 0 Å². The summed E-state index contributed by atoms with van der Waals surface area (Å²) in [7, 11) is 0. The Bertz CT molecular complexity index is 714. The van der Waals surface area contributed by atoms with Crippen LogP contribution in [-0.4, -0.2) is 11.2 Å². The molecule has 1 aromatic heterocycles. The molecule has 2 aromatic rings. The van der Waals surface area contributed by atoms with E-state index in [4.69, 9.17) is 22.1 Å². The number of aromatic nitrogens is 1. The lowest BCUT2D eigenvalue weighted by molar-refractivity contribution is 0.305. The highest BCUT2D eigenvalue weighted by atomic mass is 35.5. The smallest absolute Gasteiger partial charge is 0.258 e. The van der Waals surface area contributed by atoms with Gasteiger partial charge >= 0.3 is 0 Å². The van der Waals surface area contributed by atoms with Crippen LogP contribution in [0.25, 0.3) is 10.8 Å². The summed E-state index contributed by atoms with van der Waals surface area (Å²) in [6, 6.07) is 5.29. The summed E-state index contributed by atoms with van der Waals surface area (Å²) in [5, 5.41) is 1.96. The highest BCUT2D eigenvalue weighted by molar-refractivity contribution is 6.31. The van der Waals surface area contributed by atoms with Crippen LogP contribution in [-0.2, 0) is 13.1 Å². The number of rotatable bonds is 7. The molecule has 4 nitrogen and oxygen atoms in total. The molecule has 2 N–H and O–H groups in total. The van der Waals surface area contributed by atoms with Crippen molar-refractivity contribution < 1.29 is 4.74 Å². The Kier molecular flexibility index (Phi) is 7.89. The Hall–Kier alpha value is -1.23. The van der Waals surface area contributed by atoms with E-state index in [2.05, 4.69) is 6.92 Å². The van der Waals surface area contributed by atoms with Crippen molar-refractivity contribution in [1.82, 2.24) is 4.57 Å². The largest absolute Gasteiger partial charge is 0.491 e. The van der Waals surface area contributed by atoms with Crippen LogP contribution in [0.5, 0.6) is 5.75 Å². The number of fused-ring (bicyclic) bond motifs is 1. The summed E-state index contributed by atoms with van der Waals surface area (Å²) in [5.41, 5.74) is 6.63. The first kappa shape index (κ1) is 19.8. The third kappa shape index (κ3) is 4.19. The van der Waals surface area contributed by atoms with E-state index in [0.717, 1.165) is 30.3 Å². The molecule has 1 heterocycles. The Morgan fingerprint density at radius 3 is 2.57 bits per heavy atom. The lowest BCUT2D eigenvalue weighted by Crippen LogP contribution is -2.26. The van der Waals surface area contributed by atoms with Crippen molar-refractivity contribution in [3.05, 3.63) is 39.3 Å². The monoisotopic (exact) mass is 358 g/mol. The van der Waals surface area contributed by atoms with Crippen LogP contribution in [0.3, 0.4) is 0 Å². The first-order valence-corrected chi connectivity index (χ1v) is 8.19. The molecular weight excluding hydrogens is 335 g/mol. The quantitative estimate of drug-likeness (QED) is 0.757. The van der Waals surface area contributed by atoms with Gasteiger partial charge in [-0.15, -0.1) is 12.4 Å². The zero-order valence-corrected chi connectivity index (χ0v) is 15.2. The van der Waals surface area contributed by atoms with Gasteiger partial charge in [-0.25, -0.2) is 0 Å². The van der Waals surface area contributed by atoms with E-state index in [1.807, 2.05) is 6.92 Å². The fourth-order valence-corrected chi connectivity index (χ4v) is 2.75. The number of ether oxygens (including phenoxy) is 1. The lowest BCUT2D eigenvalue weighted by Gasteiger charge is -2.19. The molecule has 0 spiro atoms. The third-order valence-electron chi connectivity index (χ3n) is 3.67. The van der Waals surface area contributed by atoms with E-state index in [0.29, 0.717) is 29.3 Å². The van der Waals surface area contributed by atoms with Gasteiger partial charge in [0.2, 0.25) is 0 Å². The lowest BCUT2D eigenvalue weighted by atomic mass is 10.1. The molecule has 0 fully saturated rings. The van der Waals surface area contributed by atoms with Crippen molar-refractivity contribution in [2.45, 2.75) is 46.2 Å². The third-order valence-corrected chi connectivity index (χ3v) is 3.91. The molecule has 0 saturated carbocycles. The minimum atomic E-state index is -0.0307. The number of unbranched alkanes of at least 4 members (excludes halogenated alkanes) is 1. The van der Waals surface area contributed by atoms with E-state index in [-0.39, 0.29) is 24.5 Å². The number of hydrogen-bond acceptors (Lipinski definition) is 3. The van der Waals surface area contributed by atoms with Gasteiger partial charge in [-0.2, -0.15) is 0 Å². The average Bonchev–Trinajstić information content (AvgIpc) is 2.51. The SMILES string of the molecule is CCCCOc1c(CN)n(CCC)c(=O)c2ccc(Cl)cc12.Cl. The maximum Gasteiger partial charge on any atom is 0.258 e. The molecule has 23 heavy (non-hydrogen) atoms. The second kappa shape index (κ2) is 9.16. The zero-order chi connectivity index (χ0) is 16.1. The second-order valence-electron chi connectivity index (χ2n) is 5.33. The summed E-state index contributed by atoms with van der Waals surface area (Å²) in [5.74, 6) is 0.696. The van der Waals surface area contributed by atoms with Crippen LogP contribution in [0.2, 0.25) is 5.02 Å². The summed E-state index contributed by atoms with van der Waals surface area (Å²) < 4.78 is 7.71.